The molecule has 4 nitrogen and oxygen atoms in total. The summed E-state index contributed by atoms with van der Waals surface area (Å²) in [5.41, 5.74) is 2.10. The molecule has 1 saturated heterocycles. The van der Waals surface area contributed by atoms with Gasteiger partial charge in [0.1, 0.15) is 5.01 Å². The van der Waals surface area contributed by atoms with Gasteiger partial charge < -0.3 is 4.90 Å². The van der Waals surface area contributed by atoms with E-state index in [1.807, 2.05) is 29.2 Å². The van der Waals surface area contributed by atoms with Gasteiger partial charge >= 0.3 is 0 Å². The number of hydrogen-bond donors (Lipinski definition) is 0. The van der Waals surface area contributed by atoms with Gasteiger partial charge in [0.15, 0.2) is 0 Å². The molecule has 1 aliphatic rings. The maximum atomic E-state index is 12.5. The molecule has 1 aromatic heterocycles. The van der Waals surface area contributed by atoms with Crippen LogP contribution in [0.15, 0.2) is 29.6 Å². The largest absolute Gasteiger partial charge is 0.340 e. The predicted molar refractivity (Wildman–Crippen MR) is 108 cm³/mol. The van der Waals surface area contributed by atoms with E-state index in [0.717, 1.165) is 66.9 Å². The quantitative estimate of drug-likeness (QED) is 0.725. The smallest absolute Gasteiger partial charge is 0.225 e. The summed E-state index contributed by atoms with van der Waals surface area (Å²) in [4.78, 5) is 21.7. The van der Waals surface area contributed by atoms with Crippen LogP contribution in [0.1, 0.15) is 31.7 Å². The van der Waals surface area contributed by atoms with E-state index in [0.29, 0.717) is 5.91 Å². The van der Waals surface area contributed by atoms with E-state index in [2.05, 4.69) is 24.1 Å². The highest BCUT2D eigenvalue weighted by Crippen LogP contribution is 2.24. The van der Waals surface area contributed by atoms with Gasteiger partial charge in [0.25, 0.3) is 0 Å². The van der Waals surface area contributed by atoms with E-state index < -0.39 is 0 Å². The van der Waals surface area contributed by atoms with Crippen LogP contribution in [0.25, 0.3) is 11.3 Å². The molecule has 1 amide bonds. The molecule has 2 heterocycles. The molecule has 6 heteroatoms. The van der Waals surface area contributed by atoms with Crippen LogP contribution in [0.3, 0.4) is 0 Å². The third-order valence-corrected chi connectivity index (χ3v) is 6.15. The SMILES string of the molecule is CCC(CC)C(=O)N1CCN(Cc2nc(-c3ccc(Cl)cc3)cs2)CC1. The van der Waals surface area contributed by atoms with Gasteiger partial charge in [0.05, 0.1) is 12.2 Å². The van der Waals surface area contributed by atoms with Crippen LogP contribution in [-0.4, -0.2) is 46.9 Å². The lowest BCUT2D eigenvalue weighted by Crippen LogP contribution is -2.49. The molecule has 0 saturated carbocycles. The highest BCUT2D eigenvalue weighted by molar-refractivity contribution is 7.09. The second-order valence-electron chi connectivity index (χ2n) is 6.75. The van der Waals surface area contributed by atoms with Crippen LogP contribution in [0.2, 0.25) is 5.02 Å². The molecule has 1 aliphatic heterocycles. The van der Waals surface area contributed by atoms with Crippen molar-refractivity contribution in [2.75, 3.05) is 26.2 Å². The number of amides is 1. The highest BCUT2D eigenvalue weighted by atomic mass is 35.5. The molecule has 0 bridgehead atoms. The fraction of sp³-hybridized carbons (Fsp3) is 0.500. The van der Waals surface area contributed by atoms with Crippen molar-refractivity contribution in [2.45, 2.75) is 33.2 Å². The molecular formula is C20H26ClN3OS. The minimum Gasteiger partial charge on any atom is -0.340 e. The van der Waals surface area contributed by atoms with Gasteiger partial charge in [-0.05, 0) is 25.0 Å². The average Bonchev–Trinajstić information content (AvgIpc) is 3.12. The van der Waals surface area contributed by atoms with E-state index in [1.165, 1.54) is 0 Å². The lowest BCUT2D eigenvalue weighted by atomic mass is 10.0. The van der Waals surface area contributed by atoms with Crippen molar-refractivity contribution in [3.8, 4) is 11.3 Å². The summed E-state index contributed by atoms with van der Waals surface area (Å²) >= 11 is 7.65. The van der Waals surface area contributed by atoms with Gasteiger partial charge in [0.2, 0.25) is 5.91 Å². The molecule has 1 aromatic carbocycles. The molecule has 0 spiro atoms. The van der Waals surface area contributed by atoms with Crippen LogP contribution in [0.4, 0.5) is 0 Å². The van der Waals surface area contributed by atoms with E-state index in [-0.39, 0.29) is 5.92 Å². The zero-order chi connectivity index (χ0) is 18.5. The average molecular weight is 392 g/mol. The van der Waals surface area contributed by atoms with E-state index >= 15 is 0 Å². The second-order valence-corrected chi connectivity index (χ2v) is 8.13. The Balaban J connectivity index is 1.54. The fourth-order valence-corrected chi connectivity index (χ4v) is 4.32. The molecule has 0 atom stereocenters. The van der Waals surface area contributed by atoms with Crippen molar-refractivity contribution in [1.82, 2.24) is 14.8 Å². The summed E-state index contributed by atoms with van der Waals surface area (Å²) in [6.45, 7) is 8.54. The van der Waals surface area contributed by atoms with Gasteiger partial charge in [-0.15, -0.1) is 11.3 Å². The highest BCUT2D eigenvalue weighted by Gasteiger charge is 2.25. The molecule has 2 aromatic rings. The lowest BCUT2D eigenvalue weighted by Gasteiger charge is -2.35. The Morgan fingerprint density at radius 1 is 1.15 bits per heavy atom. The van der Waals surface area contributed by atoms with Crippen LogP contribution in [0.5, 0.6) is 0 Å². The van der Waals surface area contributed by atoms with Crippen molar-refractivity contribution in [3.63, 3.8) is 0 Å². The van der Waals surface area contributed by atoms with Gasteiger partial charge in [-0.1, -0.05) is 37.6 Å². The Bertz CT molecular complexity index is 719. The van der Waals surface area contributed by atoms with E-state index in [1.54, 1.807) is 11.3 Å². The van der Waals surface area contributed by atoms with Crippen LogP contribution >= 0.6 is 22.9 Å². The van der Waals surface area contributed by atoms with Crippen molar-refractivity contribution >= 4 is 28.8 Å². The Morgan fingerprint density at radius 3 is 2.42 bits per heavy atom. The maximum Gasteiger partial charge on any atom is 0.225 e. The number of thiazole rings is 1. The summed E-state index contributed by atoms with van der Waals surface area (Å²) < 4.78 is 0. The number of aromatic nitrogens is 1. The third kappa shape index (κ3) is 4.64. The first-order valence-corrected chi connectivity index (χ1v) is 10.6. The molecular weight excluding hydrogens is 366 g/mol. The number of piperazine rings is 1. The third-order valence-electron chi connectivity index (χ3n) is 5.07. The number of nitrogens with zero attached hydrogens (tertiary/aromatic N) is 3. The van der Waals surface area contributed by atoms with Gasteiger partial charge in [-0.3, -0.25) is 9.69 Å². The topological polar surface area (TPSA) is 36.4 Å². The lowest BCUT2D eigenvalue weighted by molar-refractivity contribution is -0.137. The van der Waals surface area contributed by atoms with Gasteiger partial charge in [-0.25, -0.2) is 4.98 Å². The summed E-state index contributed by atoms with van der Waals surface area (Å²) in [5.74, 6) is 0.511. The number of hydrogen-bond acceptors (Lipinski definition) is 4. The van der Waals surface area contributed by atoms with Crippen molar-refractivity contribution in [3.05, 3.63) is 39.7 Å². The first kappa shape index (κ1) is 19.3. The van der Waals surface area contributed by atoms with E-state index in [9.17, 15) is 4.79 Å². The number of halogens is 1. The summed E-state index contributed by atoms with van der Waals surface area (Å²) in [7, 11) is 0. The van der Waals surface area contributed by atoms with Crippen molar-refractivity contribution in [2.24, 2.45) is 5.92 Å². The van der Waals surface area contributed by atoms with Gasteiger partial charge in [-0.2, -0.15) is 0 Å². The molecule has 140 valence electrons. The second kappa shape index (κ2) is 8.98. The Kier molecular flexibility index (Phi) is 6.68. The maximum absolute atomic E-state index is 12.5. The van der Waals surface area contributed by atoms with Crippen LogP contribution < -0.4 is 0 Å². The minimum atomic E-state index is 0.183. The van der Waals surface area contributed by atoms with Crippen LogP contribution in [-0.2, 0) is 11.3 Å². The predicted octanol–water partition coefficient (Wildman–Crippen LogP) is 4.54. The summed E-state index contributed by atoms with van der Waals surface area (Å²) in [6.07, 6.45) is 1.87. The Morgan fingerprint density at radius 2 is 1.81 bits per heavy atom. The number of benzene rings is 1. The van der Waals surface area contributed by atoms with E-state index in [4.69, 9.17) is 16.6 Å². The number of rotatable bonds is 6. The molecule has 26 heavy (non-hydrogen) atoms. The van der Waals surface area contributed by atoms with Crippen molar-refractivity contribution < 1.29 is 4.79 Å². The normalized spacial score (nSPS) is 15.6. The molecule has 0 radical (unpaired) electrons. The molecule has 3 rings (SSSR count). The fourth-order valence-electron chi connectivity index (χ4n) is 3.35. The first-order chi connectivity index (χ1) is 12.6. The zero-order valence-electron chi connectivity index (χ0n) is 15.4. The number of carbonyl (C=O) groups excluding carboxylic acids is 1. The minimum absolute atomic E-state index is 0.183. The molecule has 1 fully saturated rings. The Labute approximate surface area is 164 Å². The van der Waals surface area contributed by atoms with Gasteiger partial charge in [0, 0.05) is 48.1 Å². The molecule has 0 N–H and O–H groups in total. The number of carbonyl (C=O) groups is 1. The zero-order valence-corrected chi connectivity index (χ0v) is 17.0. The molecule has 0 aliphatic carbocycles. The van der Waals surface area contributed by atoms with Crippen molar-refractivity contribution in [1.29, 1.82) is 0 Å². The summed E-state index contributed by atoms with van der Waals surface area (Å²) in [6, 6.07) is 7.80. The molecule has 0 unspecified atom stereocenters. The Hall–Kier alpha value is -1.43. The first-order valence-electron chi connectivity index (χ1n) is 9.32. The standard InChI is InChI=1S/C20H26ClN3OS/c1-3-15(4-2)20(25)24-11-9-23(10-12-24)13-19-22-18(14-26-19)16-5-7-17(21)8-6-16/h5-8,14-15H,3-4,9-13H2,1-2H3. The van der Waals surface area contributed by atoms with Crippen LogP contribution in [0, 0.1) is 5.92 Å². The summed E-state index contributed by atoms with van der Waals surface area (Å²) in [5, 5.41) is 3.96. The monoisotopic (exact) mass is 391 g/mol.